The number of carbonyl (C=O) groups is 1. The number of aromatic nitrogens is 2. The van der Waals surface area contributed by atoms with E-state index in [4.69, 9.17) is 9.47 Å². The summed E-state index contributed by atoms with van der Waals surface area (Å²) in [5.41, 5.74) is 2.07. The number of urea groups is 1. The number of rotatable bonds is 4. The molecule has 2 heterocycles. The number of hydrogen-bond acceptors (Lipinski definition) is 4. The third-order valence-electron chi connectivity index (χ3n) is 4.80. The van der Waals surface area contributed by atoms with Crippen LogP contribution in [-0.4, -0.2) is 40.9 Å². The van der Waals surface area contributed by atoms with Gasteiger partial charge in [-0.3, -0.25) is 4.68 Å². The Kier molecular flexibility index (Phi) is 4.87. The van der Waals surface area contributed by atoms with Crippen LogP contribution in [0.2, 0.25) is 0 Å². The molecule has 0 radical (unpaired) electrons. The molecule has 0 aromatic carbocycles. The van der Waals surface area contributed by atoms with Crippen LogP contribution in [0.3, 0.4) is 0 Å². The van der Waals surface area contributed by atoms with Crippen molar-refractivity contribution in [2.45, 2.75) is 57.5 Å². The van der Waals surface area contributed by atoms with Crippen LogP contribution >= 0.6 is 0 Å². The quantitative estimate of drug-likeness (QED) is 0.883. The molecule has 2 N–H and O–H groups in total. The Bertz CT molecular complexity index is 552. The van der Waals surface area contributed by atoms with Crippen LogP contribution < -0.4 is 10.6 Å². The SMILES string of the molecule is Cc1c(CNC(=O)NC[C@H]2COC3(CCCCC3)O2)cnn1C. The van der Waals surface area contributed by atoms with Gasteiger partial charge in [-0.05, 0) is 19.8 Å². The maximum Gasteiger partial charge on any atom is 0.315 e. The van der Waals surface area contributed by atoms with Crippen molar-refractivity contribution in [2.24, 2.45) is 7.05 Å². The van der Waals surface area contributed by atoms with Crippen LogP contribution in [0.5, 0.6) is 0 Å². The van der Waals surface area contributed by atoms with E-state index in [-0.39, 0.29) is 17.9 Å². The highest BCUT2D eigenvalue weighted by molar-refractivity contribution is 5.73. The van der Waals surface area contributed by atoms with E-state index in [0.29, 0.717) is 19.7 Å². The second kappa shape index (κ2) is 6.88. The van der Waals surface area contributed by atoms with E-state index in [0.717, 1.165) is 36.9 Å². The standard InChI is InChI=1S/C16H26N4O3/c1-12-13(9-19-20(12)2)8-17-15(21)18-10-14-11-22-16(23-14)6-4-3-5-7-16/h9,14H,3-8,10-11H2,1-2H3,(H2,17,18,21)/t14-/m0/s1. The zero-order valence-electron chi connectivity index (χ0n) is 13.9. The molecule has 0 bridgehead atoms. The molecule has 7 heteroatoms. The van der Waals surface area contributed by atoms with Crippen molar-refractivity contribution >= 4 is 6.03 Å². The van der Waals surface area contributed by atoms with E-state index in [1.165, 1.54) is 6.42 Å². The first kappa shape index (κ1) is 16.3. The molecule has 1 aromatic heterocycles. The van der Waals surface area contributed by atoms with Gasteiger partial charge in [0.15, 0.2) is 5.79 Å². The van der Waals surface area contributed by atoms with Crippen LogP contribution in [0.15, 0.2) is 6.20 Å². The van der Waals surface area contributed by atoms with Gasteiger partial charge in [0.25, 0.3) is 0 Å². The summed E-state index contributed by atoms with van der Waals surface area (Å²) < 4.78 is 13.7. The molecular weight excluding hydrogens is 296 g/mol. The van der Waals surface area contributed by atoms with Crippen molar-refractivity contribution < 1.29 is 14.3 Å². The summed E-state index contributed by atoms with van der Waals surface area (Å²) in [6, 6.07) is -0.193. The molecule has 1 saturated carbocycles. The summed E-state index contributed by atoms with van der Waals surface area (Å²) in [5, 5.41) is 9.87. The first-order chi connectivity index (χ1) is 11.1. The van der Waals surface area contributed by atoms with Crippen LogP contribution in [0.1, 0.15) is 43.4 Å². The topological polar surface area (TPSA) is 77.4 Å². The largest absolute Gasteiger partial charge is 0.347 e. The summed E-state index contributed by atoms with van der Waals surface area (Å²) in [5.74, 6) is -0.381. The summed E-state index contributed by atoms with van der Waals surface area (Å²) in [6.45, 7) is 3.48. The van der Waals surface area contributed by atoms with Gasteiger partial charge in [-0.1, -0.05) is 6.42 Å². The number of hydrogen-bond donors (Lipinski definition) is 2. The predicted molar refractivity (Wildman–Crippen MR) is 84.8 cm³/mol. The molecule has 2 aliphatic rings. The smallest absolute Gasteiger partial charge is 0.315 e. The van der Waals surface area contributed by atoms with Crippen molar-refractivity contribution in [3.63, 3.8) is 0 Å². The molecule has 0 unspecified atom stereocenters. The average molecular weight is 322 g/mol. The van der Waals surface area contributed by atoms with Gasteiger partial charge in [-0.2, -0.15) is 5.10 Å². The highest BCUT2D eigenvalue weighted by Crippen LogP contribution is 2.37. The number of ether oxygens (including phenoxy) is 2. The van der Waals surface area contributed by atoms with Crippen molar-refractivity contribution in [1.29, 1.82) is 0 Å². The number of carbonyl (C=O) groups excluding carboxylic acids is 1. The lowest BCUT2D eigenvalue weighted by Gasteiger charge is -2.31. The normalized spacial score (nSPS) is 23.1. The first-order valence-electron chi connectivity index (χ1n) is 8.39. The molecule has 1 spiro atoms. The third-order valence-corrected chi connectivity index (χ3v) is 4.80. The minimum Gasteiger partial charge on any atom is -0.347 e. The summed E-state index contributed by atoms with van der Waals surface area (Å²) >= 11 is 0. The van der Waals surface area contributed by atoms with Gasteiger partial charge >= 0.3 is 6.03 Å². The molecule has 1 saturated heterocycles. The predicted octanol–water partition coefficient (Wildman–Crippen LogP) is 1.60. The van der Waals surface area contributed by atoms with Gasteiger partial charge in [-0.15, -0.1) is 0 Å². The Morgan fingerprint density at radius 3 is 2.87 bits per heavy atom. The van der Waals surface area contributed by atoms with E-state index in [1.807, 2.05) is 14.0 Å². The van der Waals surface area contributed by atoms with Crippen LogP contribution in [0, 0.1) is 6.92 Å². The molecule has 7 nitrogen and oxygen atoms in total. The Balaban J connectivity index is 1.39. The third kappa shape index (κ3) is 3.84. The summed E-state index contributed by atoms with van der Waals surface area (Å²) in [6.07, 6.45) is 7.23. The molecule has 3 rings (SSSR count). The molecule has 23 heavy (non-hydrogen) atoms. The van der Waals surface area contributed by atoms with Crippen LogP contribution in [0.25, 0.3) is 0 Å². The zero-order chi connectivity index (χ0) is 16.3. The van der Waals surface area contributed by atoms with E-state index in [9.17, 15) is 4.79 Å². The van der Waals surface area contributed by atoms with E-state index in [1.54, 1.807) is 10.9 Å². The fourth-order valence-corrected chi connectivity index (χ4v) is 3.23. The maximum atomic E-state index is 11.9. The first-order valence-corrected chi connectivity index (χ1v) is 8.39. The number of nitrogens with one attached hydrogen (secondary N) is 2. The molecule has 128 valence electrons. The van der Waals surface area contributed by atoms with Crippen molar-refractivity contribution in [1.82, 2.24) is 20.4 Å². The lowest BCUT2D eigenvalue weighted by atomic mass is 9.94. The van der Waals surface area contributed by atoms with Gasteiger partial charge in [-0.25, -0.2) is 4.79 Å². The van der Waals surface area contributed by atoms with Crippen molar-refractivity contribution in [3.05, 3.63) is 17.5 Å². The average Bonchev–Trinajstić information content (AvgIpc) is 3.09. The number of amides is 2. The Morgan fingerprint density at radius 1 is 1.39 bits per heavy atom. The molecule has 2 fully saturated rings. The molecule has 1 aliphatic heterocycles. The van der Waals surface area contributed by atoms with Gasteiger partial charge < -0.3 is 20.1 Å². The van der Waals surface area contributed by atoms with Crippen molar-refractivity contribution in [3.8, 4) is 0 Å². The monoisotopic (exact) mass is 322 g/mol. The van der Waals surface area contributed by atoms with Gasteiger partial charge in [0, 0.05) is 44.2 Å². The fourth-order valence-electron chi connectivity index (χ4n) is 3.23. The molecule has 1 aromatic rings. The summed E-state index contributed by atoms with van der Waals surface area (Å²) in [4.78, 5) is 11.9. The maximum absolute atomic E-state index is 11.9. The molecule has 1 atom stereocenters. The number of aryl methyl sites for hydroxylation is 1. The highest BCUT2D eigenvalue weighted by atomic mass is 16.7. The molecule has 1 aliphatic carbocycles. The molecule has 2 amide bonds. The van der Waals surface area contributed by atoms with E-state index >= 15 is 0 Å². The van der Waals surface area contributed by atoms with Gasteiger partial charge in [0.1, 0.15) is 6.10 Å². The van der Waals surface area contributed by atoms with Crippen LogP contribution in [0.4, 0.5) is 4.79 Å². The lowest BCUT2D eigenvalue weighted by molar-refractivity contribution is -0.186. The Labute approximate surface area is 136 Å². The minimum atomic E-state index is -0.381. The second-order valence-electron chi connectivity index (χ2n) is 6.46. The van der Waals surface area contributed by atoms with Gasteiger partial charge in [0.05, 0.1) is 12.8 Å². The fraction of sp³-hybridized carbons (Fsp3) is 0.750. The van der Waals surface area contributed by atoms with Gasteiger partial charge in [0.2, 0.25) is 0 Å². The highest BCUT2D eigenvalue weighted by Gasteiger charge is 2.42. The zero-order valence-corrected chi connectivity index (χ0v) is 13.9. The van der Waals surface area contributed by atoms with Crippen LogP contribution in [-0.2, 0) is 23.1 Å². The molecular formula is C16H26N4O3. The number of nitrogens with zero attached hydrogens (tertiary/aromatic N) is 2. The second-order valence-corrected chi connectivity index (χ2v) is 6.46. The van der Waals surface area contributed by atoms with E-state index < -0.39 is 0 Å². The minimum absolute atomic E-state index is 0.0565. The Morgan fingerprint density at radius 2 is 2.17 bits per heavy atom. The Hall–Kier alpha value is -1.60. The van der Waals surface area contributed by atoms with Crippen molar-refractivity contribution in [2.75, 3.05) is 13.2 Å². The summed E-state index contributed by atoms with van der Waals surface area (Å²) in [7, 11) is 1.89. The van der Waals surface area contributed by atoms with E-state index in [2.05, 4.69) is 15.7 Å². The lowest BCUT2D eigenvalue weighted by Crippen LogP contribution is -2.41.